The summed E-state index contributed by atoms with van der Waals surface area (Å²) in [4.78, 5) is 16.0. The fourth-order valence-electron chi connectivity index (χ4n) is 1.45. The first kappa shape index (κ1) is 12.3. The van der Waals surface area contributed by atoms with Crippen LogP contribution in [0.15, 0.2) is 47.1 Å². The van der Waals surface area contributed by atoms with Gasteiger partial charge in [-0.25, -0.2) is 0 Å². The van der Waals surface area contributed by atoms with Gasteiger partial charge in [0.25, 0.3) is 0 Å². The molecule has 0 unspecified atom stereocenters. The third kappa shape index (κ3) is 3.14. The van der Waals surface area contributed by atoms with Crippen LogP contribution >= 0.6 is 27.5 Å². The molecular weight excluding hydrogens is 302 g/mol. The molecule has 0 atom stereocenters. The van der Waals surface area contributed by atoms with Gasteiger partial charge in [0.2, 0.25) is 0 Å². The summed E-state index contributed by atoms with van der Waals surface area (Å²) >= 11 is 9.28. The molecule has 0 fully saturated rings. The van der Waals surface area contributed by atoms with E-state index in [0.717, 1.165) is 10.0 Å². The van der Waals surface area contributed by atoms with Gasteiger partial charge in [0.15, 0.2) is 5.78 Å². The first-order valence-corrected chi connectivity index (χ1v) is 6.22. The lowest BCUT2D eigenvalue weighted by molar-refractivity contribution is 0.0988. The second-order valence-corrected chi connectivity index (χ2v) is 4.88. The zero-order chi connectivity index (χ0) is 12.3. The Labute approximate surface area is 113 Å². The summed E-state index contributed by atoms with van der Waals surface area (Å²) in [5, 5.41) is 0.609. The fraction of sp³-hybridized carbons (Fsp3) is 0.0769. The van der Waals surface area contributed by atoms with Gasteiger partial charge in [0, 0.05) is 22.1 Å². The summed E-state index contributed by atoms with van der Waals surface area (Å²) in [5.41, 5.74) is 1.28. The molecule has 2 nitrogen and oxygen atoms in total. The topological polar surface area (TPSA) is 30.0 Å². The van der Waals surface area contributed by atoms with Gasteiger partial charge in [-0.3, -0.25) is 9.78 Å². The Morgan fingerprint density at radius 1 is 1.24 bits per heavy atom. The molecule has 0 aliphatic carbocycles. The van der Waals surface area contributed by atoms with Gasteiger partial charge in [-0.1, -0.05) is 29.8 Å². The molecule has 0 amide bonds. The average Bonchev–Trinajstić information content (AvgIpc) is 2.33. The average molecular weight is 311 g/mol. The molecule has 17 heavy (non-hydrogen) atoms. The number of benzene rings is 1. The van der Waals surface area contributed by atoms with E-state index in [9.17, 15) is 4.79 Å². The van der Waals surface area contributed by atoms with Gasteiger partial charge >= 0.3 is 0 Å². The molecule has 1 aromatic heterocycles. The quantitative estimate of drug-likeness (QED) is 0.804. The summed E-state index contributed by atoms with van der Waals surface area (Å²) in [6.07, 6.45) is 1.88. The Balaban J connectivity index is 2.17. The van der Waals surface area contributed by atoms with Crippen LogP contribution in [0.25, 0.3) is 0 Å². The number of pyridine rings is 1. The number of Topliss-reactive ketones (excluding diaryl/α,β-unsaturated/α-hetero) is 1. The molecule has 2 aromatic rings. The number of carbonyl (C=O) groups is 1. The van der Waals surface area contributed by atoms with Crippen LogP contribution in [0.1, 0.15) is 16.1 Å². The maximum atomic E-state index is 11.9. The molecule has 0 aliphatic heterocycles. The van der Waals surface area contributed by atoms with E-state index in [1.807, 2.05) is 18.2 Å². The van der Waals surface area contributed by atoms with E-state index in [1.54, 1.807) is 24.4 Å². The molecule has 1 aromatic carbocycles. The molecule has 0 bridgehead atoms. The summed E-state index contributed by atoms with van der Waals surface area (Å²) < 4.78 is 0.854. The lowest BCUT2D eigenvalue weighted by Crippen LogP contribution is -2.05. The number of nitrogens with zero attached hydrogens (tertiary/aromatic N) is 1. The molecule has 0 N–H and O–H groups in total. The normalized spacial score (nSPS) is 10.2. The van der Waals surface area contributed by atoms with Crippen molar-refractivity contribution in [3.8, 4) is 0 Å². The maximum absolute atomic E-state index is 11.9. The monoisotopic (exact) mass is 309 g/mol. The number of hydrogen-bond acceptors (Lipinski definition) is 2. The predicted octanol–water partition coefficient (Wildman–Crippen LogP) is 3.92. The van der Waals surface area contributed by atoms with Crippen LogP contribution in [0.2, 0.25) is 5.02 Å². The maximum Gasteiger partial charge on any atom is 0.185 e. The third-order valence-electron chi connectivity index (χ3n) is 2.32. The molecule has 86 valence electrons. The summed E-state index contributed by atoms with van der Waals surface area (Å²) in [6.45, 7) is 0. The molecule has 1 heterocycles. The highest BCUT2D eigenvalue weighted by Gasteiger charge is 2.10. The van der Waals surface area contributed by atoms with E-state index >= 15 is 0 Å². The summed E-state index contributed by atoms with van der Waals surface area (Å²) in [6, 6.07) is 10.8. The molecule has 0 saturated heterocycles. The third-order valence-corrected chi connectivity index (χ3v) is 3.16. The van der Waals surface area contributed by atoms with Gasteiger partial charge in [-0.15, -0.1) is 0 Å². The Bertz CT molecular complexity index is 539. The first-order valence-electron chi connectivity index (χ1n) is 5.05. The first-order chi connectivity index (χ1) is 8.16. The molecular formula is C13H9BrClNO. The number of halogens is 2. The largest absolute Gasteiger partial charge is 0.292 e. The molecule has 0 radical (unpaired) electrons. The second-order valence-electron chi connectivity index (χ2n) is 3.55. The molecule has 0 saturated carbocycles. The van der Waals surface area contributed by atoms with Crippen molar-refractivity contribution in [1.82, 2.24) is 4.98 Å². The van der Waals surface area contributed by atoms with Crippen LogP contribution < -0.4 is 0 Å². The predicted molar refractivity (Wildman–Crippen MR) is 71.4 cm³/mol. The zero-order valence-corrected chi connectivity index (χ0v) is 11.2. The highest BCUT2D eigenvalue weighted by Crippen LogP contribution is 2.17. The van der Waals surface area contributed by atoms with Gasteiger partial charge in [0.1, 0.15) is 5.69 Å². The number of hydrogen-bond donors (Lipinski definition) is 0. The number of carbonyl (C=O) groups excluding carboxylic acids is 1. The summed E-state index contributed by atoms with van der Waals surface area (Å²) in [5.74, 6) is -0.0365. The van der Waals surface area contributed by atoms with Crippen molar-refractivity contribution in [2.75, 3.05) is 0 Å². The number of rotatable bonds is 3. The lowest BCUT2D eigenvalue weighted by Gasteiger charge is -2.03. The smallest absolute Gasteiger partial charge is 0.185 e. The molecule has 0 aliphatic rings. The van der Waals surface area contributed by atoms with E-state index in [1.165, 1.54) is 0 Å². The Hall–Kier alpha value is -1.19. The number of aromatic nitrogens is 1. The van der Waals surface area contributed by atoms with Crippen LogP contribution in [0.5, 0.6) is 0 Å². The van der Waals surface area contributed by atoms with Crippen molar-refractivity contribution >= 4 is 33.3 Å². The second kappa shape index (κ2) is 5.43. The Morgan fingerprint density at radius 2 is 2.00 bits per heavy atom. The van der Waals surface area contributed by atoms with Gasteiger partial charge in [-0.2, -0.15) is 0 Å². The van der Waals surface area contributed by atoms with Crippen molar-refractivity contribution in [3.05, 3.63) is 63.3 Å². The number of ketones is 1. The van der Waals surface area contributed by atoms with Crippen molar-refractivity contribution < 1.29 is 4.79 Å². The zero-order valence-electron chi connectivity index (χ0n) is 8.86. The minimum absolute atomic E-state index is 0.0365. The van der Waals surface area contributed by atoms with Crippen LogP contribution in [0, 0.1) is 0 Å². The standard InChI is InChI=1S/C13H9BrClNO/c14-10-5-6-12(16-8-10)13(17)7-9-3-1-2-4-11(9)15/h1-6,8H,7H2. The van der Waals surface area contributed by atoms with E-state index in [2.05, 4.69) is 20.9 Å². The van der Waals surface area contributed by atoms with Gasteiger partial charge in [0.05, 0.1) is 0 Å². The fourth-order valence-corrected chi connectivity index (χ4v) is 1.88. The SMILES string of the molecule is O=C(Cc1ccccc1Cl)c1ccc(Br)cn1. The van der Waals surface area contributed by atoms with Crippen molar-refractivity contribution in [2.45, 2.75) is 6.42 Å². The van der Waals surface area contributed by atoms with Crippen LogP contribution in [0.3, 0.4) is 0 Å². The van der Waals surface area contributed by atoms with Crippen LogP contribution in [-0.4, -0.2) is 10.8 Å². The minimum Gasteiger partial charge on any atom is -0.292 e. The van der Waals surface area contributed by atoms with E-state index in [-0.39, 0.29) is 12.2 Å². The van der Waals surface area contributed by atoms with E-state index in [4.69, 9.17) is 11.6 Å². The van der Waals surface area contributed by atoms with E-state index < -0.39 is 0 Å². The summed E-state index contributed by atoms with van der Waals surface area (Å²) in [7, 11) is 0. The highest BCUT2D eigenvalue weighted by molar-refractivity contribution is 9.10. The van der Waals surface area contributed by atoms with Gasteiger partial charge in [-0.05, 0) is 39.7 Å². The van der Waals surface area contributed by atoms with Crippen molar-refractivity contribution in [1.29, 1.82) is 0 Å². The van der Waals surface area contributed by atoms with E-state index in [0.29, 0.717) is 10.7 Å². The molecule has 2 rings (SSSR count). The Kier molecular flexibility index (Phi) is 3.92. The van der Waals surface area contributed by atoms with Crippen molar-refractivity contribution in [2.24, 2.45) is 0 Å². The molecule has 4 heteroatoms. The van der Waals surface area contributed by atoms with Crippen molar-refractivity contribution in [3.63, 3.8) is 0 Å². The van der Waals surface area contributed by atoms with Crippen LogP contribution in [-0.2, 0) is 6.42 Å². The highest BCUT2D eigenvalue weighted by atomic mass is 79.9. The lowest BCUT2D eigenvalue weighted by atomic mass is 10.1. The Morgan fingerprint density at radius 3 is 2.65 bits per heavy atom. The van der Waals surface area contributed by atoms with Gasteiger partial charge < -0.3 is 0 Å². The minimum atomic E-state index is -0.0365. The molecule has 0 spiro atoms. The van der Waals surface area contributed by atoms with Crippen LogP contribution in [0.4, 0.5) is 0 Å².